The van der Waals surface area contributed by atoms with Crippen LogP contribution in [0.4, 0.5) is 4.39 Å². The van der Waals surface area contributed by atoms with Gasteiger partial charge in [-0.15, -0.1) is 0 Å². The topological polar surface area (TPSA) is 48.1 Å². The fourth-order valence-corrected chi connectivity index (χ4v) is 2.62. The summed E-state index contributed by atoms with van der Waals surface area (Å²) in [5, 5.41) is 0. The molecule has 2 heterocycles. The van der Waals surface area contributed by atoms with Gasteiger partial charge in [-0.3, -0.25) is 4.98 Å². The van der Waals surface area contributed by atoms with Gasteiger partial charge in [0.25, 0.3) is 0 Å². The van der Waals surface area contributed by atoms with E-state index < -0.39 is 0 Å². The molecule has 0 aliphatic carbocycles. The van der Waals surface area contributed by atoms with Crippen LogP contribution in [0.3, 0.4) is 0 Å². The fraction of sp³-hybridized carbons (Fsp3) is 0.353. The molecule has 1 atom stereocenters. The molecule has 0 radical (unpaired) electrons. The molecule has 0 spiro atoms. The molecule has 3 nitrogen and oxygen atoms in total. The summed E-state index contributed by atoms with van der Waals surface area (Å²) in [6.45, 7) is 4.58. The molecule has 1 aliphatic heterocycles. The third-order valence-electron chi connectivity index (χ3n) is 3.82. The maximum Gasteiger partial charge on any atom is 0.135 e. The van der Waals surface area contributed by atoms with Crippen molar-refractivity contribution in [3.63, 3.8) is 0 Å². The lowest BCUT2D eigenvalue weighted by Crippen LogP contribution is -2.24. The molecule has 0 amide bonds. The second-order valence-electron chi connectivity index (χ2n) is 5.68. The predicted molar refractivity (Wildman–Crippen MR) is 80.9 cm³/mol. The van der Waals surface area contributed by atoms with Crippen LogP contribution in [0.1, 0.15) is 31.0 Å². The molecule has 4 heteroatoms. The van der Waals surface area contributed by atoms with Crippen molar-refractivity contribution in [2.24, 2.45) is 5.73 Å². The smallest absolute Gasteiger partial charge is 0.135 e. The normalized spacial score (nSPS) is 16.9. The first-order valence-corrected chi connectivity index (χ1v) is 7.25. The SMILES string of the molecule is CC(C)c1cccc(-c2ccc(F)c3c2OC(CN)C3)n1. The Morgan fingerprint density at radius 3 is 2.86 bits per heavy atom. The molecule has 3 rings (SSSR count). The molecule has 1 aromatic carbocycles. The molecule has 2 aromatic rings. The van der Waals surface area contributed by atoms with Crippen molar-refractivity contribution in [2.45, 2.75) is 32.3 Å². The quantitative estimate of drug-likeness (QED) is 0.942. The van der Waals surface area contributed by atoms with Gasteiger partial charge in [0.15, 0.2) is 0 Å². The zero-order valence-electron chi connectivity index (χ0n) is 12.3. The maximum absolute atomic E-state index is 14.0. The third kappa shape index (κ3) is 2.51. The number of rotatable bonds is 3. The first-order chi connectivity index (χ1) is 10.1. The van der Waals surface area contributed by atoms with Gasteiger partial charge in [-0.2, -0.15) is 0 Å². The van der Waals surface area contributed by atoms with Crippen LogP contribution in [-0.4, -0.2) is 17.6 Å². The Labute approximate surface area is 124 Å². The van der Waals surface area contributed by atoms with Crippen LogP contribution in [0, 0.1) is 5.82 Å². The average Bonchev–Trinajstić information content (AvgIpc) is 2.93. The van der Waals surface area contributed by atoms with Crippen LogP contribution < -0.4 is 10.5 Å². The van der Waals surface area contributed by atoms with Gasteiger partial charge in [-0.05, 0) is 30.2 Å². The molecular formula is C17H19FN2O. The van der Waals surface area contributed by atoms with Crippen molar-refractivity contribution >= 4 is 0 Å². The molecule has 1 aliphatic rings. The number of fused-ring (bicyclic) bond motifs is 1. The van der Waals surface area contributed by atoms with E-state index in [1.54, 1.807) is 6.07 Å². The number of nitrogens with two attached hydrogens (primary N) is 1. The summed E-state index contributed by atoms with van der Waals surface area (Å²) < 4.78 is 19.8. The van der Waals surface area contributed by atoms with Crippen LogP contribution in [-0.2, 0) is 6.42 Å². The Hall–Kier alpha value is -1.94. The van der Waals surface area contributed by atoms with Crippen LogP contribution in [0.5, 0.6) is 5.75 Å². The number of halogens is 1. The zero-order valence-corrected chi connectivity index (χ0v) is 12.3. The number of ether oxygens (including phenoxy) is 1. The minimum Gasteiger partial charge on any atom is -0.488 e. The minimum atomic E-state index is -0.232. The van der Waals surface area contributed by atoms with Gasteiger partial charge in [0.1, 0.15) is 17.7 Å². The Balaban J connectivity index is 2.09. The second kappa shape index (κ2) is 5.45. The van der Waals surface area contributed by atoms with E-state index in [4.69, 9.17) is 10.5 Å². The number of aromatic nitrogens is 1. The second-order valence-corrected chi connectivity index (χ2v) is 5.68. The summed E-state index contributed by atoms with van der Waals surface area (Å²) in [5.41, 5.74) is 8.93. The number of pyridine rings is 1. The van der Waals surface area contributed by atoms with E-state index in [9.17, 15) is 4.39 Å². The van der Waals surface area contributed by atoms with E-state index in [1.165, 1.54) is 6.07 Å². The van der Waals surface area contributed by atoms with Crippen molar-refractivity contribution in [3.8, 4) is 17.0 Å². The highest BCUT2D eigenvalue weighted by Gasteiger charge is 2.28. The van der Waals surface area contributed by atoms with Crippen molar-refractivity contribution < 1.29 is 9.13 Å². The molecule has 21 heavy (non-hydrogen) atoms. The van der Waals surface area contributed by atoms with Crippen LogP contribution >= 0.6 is 0 Å². The molecule has 1 aromatic heterocycles. The Kier molecular flexibility index (Phi) is 3.64. The Morgan fingerprint density at radius 2 is 2.14 bits per heavy atom. The molecular weight excluding hydrogens is 267 g/mol. The summed E-state index contributed by atoms with van der Waals surface area (Å²) in [4.78, 5) is 4.67. The molecule has 110 valence electrons. The van der Waals surface area contributed by atoms with Crippen molar-refractivity contribution in [3.05, 3.63) is 47.4 Å². The predicted octanol–water partition coefficient (Wildman–Crippen LogP) is 3.27. The lowest BCUT2D eigenvalue weighted by atomic mass is 10.0. The van der Waals surface area contributed by atoms with E-state index in [0.717, 1.165) is 17.0 Å². The molecule has 0 bridgehead atoms. The highest BCUT2D eigenvalue weighted by Crippen LogP contribution is 2.39. The molecule has 0 fully saturated rings. The standard InChI is InChI=1S/C17H19FN2O/c1-10(2)15-4-3-5-16(20-15)12-6-7-14(18)13-8-11(9-19)21-17(12)13/h3-7,10-11H,8-9,19H2,1-2H3. The van der Waals surface area contributed by atoms with Gasteiger partial charge in [0.2, 0.25) is 0 Å². The van der Waals surface area contributed by atoms with E-state index in [0.29, 0.717) is 30.2 Å². The van der Waals surface area contributed by atoms with Gasteiger partial charge in [-0.1, -0.05) is 19.9 Å². The lowest BCUT2D eigenvalue weighted by Gasteiger charge is -2.12. The van der Waals surface area contributed by atoms with E-state index >= 15 is 0 Å². The summed E-state index contributed by atoms with van der Waals surface area (Å²) >= 11 is 0. The molecule has 0 saturated carbocycles. The van der Waals surface area contributed by atoms with Gasteiger partial charge in [0, 0.05) is 29.8 Å². The van der Waals surface area contributed by atoms with Crippen molar-refractivity contribution in [1.82, 2.24) is 4.98 Å². The largest absolute Gasteiger partial charge is 0.488 e. The summed E-state index contributed by atoms with van der Waals surface area (Å²) in [6.07, 6.45) is 0.374. The number of hydrogen-bond donors (Lipinski definition) is 1. The Morgan fingerprint density at radius 1 is 1.33 bits per heavy atom. The summed E-state index contributed by atoms with van der Waals surface area (Å²) in [7, 11) is 0. The monoisotopic (exact) mass is 286 g/mol. The number of benzene rings is 1. The van der Waals surface area contributed by atoms with Gasteiger partial charge in [-0.25, -0.2) is 4.39 Å². The number of nitrogens with zero attached hydrogens (tertiary/aromatic N) is 1. The summed E-state index contributed by atoms with van der Waals surface area (Å²) in [6, 6.07) is 9.13. The van der Waals surface area contributed by atoms with E-state index in [-0.39, 0.29) is 11.9 Å². The first-order valence-electron chi connectivity index (χ1n) is 7.25. The highest BCUT2D eigenvalue weighted by molar-refractivity contribution is 5.70. The number of hydrogen-bond acceptors (Lipinski definition) is 3. The van der Waals surface area contributed by atoms with Crippen LogP contribution in [0.15, 0.2) is 30.3 Å². The Bertz CT molecular complexity index is 670. The minimum absolute atomic E-state index is 0.149. The van der Waals surface area contributed by atoms with Crippen molar-refractivity contribution in [2.75, 3.05) is 6.54 Å². The third-order valence-corrected chi connectivity index (χ3v) is 3.82. The van der Waals surface area contributed by atoms with Gasteiger partial charge in [0.05, 0.1) is 5.69 Å². The van der Waals surface area contributed by atoms with Gasteiger partial charge < -0.3 is 10.5 Å². The molecule has 1 unspecified atom stereocenters. The van der Waals surface area contributed by atoms with Crippen LogP contribution in [0.25, 0.3) is 11.3 Å². The van der Waals surface area contributed by atoms with E-state index in [1.807, 2.05) is 18.2 Å². The fourth-order valence-electron chi connectivity index (χ4n) is 2.62. The molecule has 0 saturated heterocycles. The van der Waals surface area contributed by atoms with E-state index in [2.05, 4.69) is 18.8 Å². The van der Waals surface area contributed by atoms with Crippen molar-refractivity contribution in [1.29, 1.82) is 0 Å². The summed E-state index contributed by atoms with van der Waals surface area (Å²) in [5.74, 6) is 0.708. The van der Waals surface area contributed by atoms with Gasteiger partial charge >= 0.3 is 0 Å². The highest BCUT2D eigenvalue weighted by atomic mass is 19.1. The molecule has 2 N–H and O–H groups in total. The maximum atomic E-state index is 14.0. The lowest BCUT2D eigenvalue weighted by molar-refractivity contribution is 0.242. The van der Waals surface area contributed by atoms with Crippen LogP contribution in [0.2, 0.25) is 0 Å². The average molecular weight is 286 g/mol. The zero-order chi connectivity index (χ0) is 15.0. The first kappa shape index (κ1) is 14.0.